The van der Waals surface area contributed by atoms with Crippen molar-refractivity contribution in [3.05, 3.63) is 51.7 Å². The lowest BCUT2D eigenvalue weighted by Crippen LogP contribution is -2.32. The maximum atomic E-state index is 12.4. The monoisotopic (exact) mass is 344 g/mol. The van der Waals surface area contributed by atoms with E-state index in [0.717, 1.165) is 37.5 Å². The lowest BCUT2D eigenvalue weighted by molar-refractivity contribution is -0.130. The summed E-state index contributed by atoms with van der Waals surface area (Å²) in [7, 11) is 1.66. The number of ether oxygens (including phenoxy) is 1. The average Bonchev–Trinajstić information content (AvgIpc) is 2.92. The van der Waals surface area contributed by atoms with Crippen LogP contribution in [0.1, 0.15) is 21.7 Å². The van der Waals surface area contributed by atoms with Crippen LogP contribution in [0, 0.1) is 6.92 Å². The third kappa shape index (κ3) is 4.36. The third-order valence-electron chi connectivity index (χ3n) is 4.39. The highest BCUT2D eigenvalue weighted by Crippen LogP contribution is 2.19. The van der Waals surface area contributed by atoms with E-state index in [1.807, 2.05) is 40.5 Å². The summed E-state index contributed by atoms with van der Waals surface area (Å²) < 4.78 is 5.19. The zero-order valence-electron chi connectivity index (χ0n) is 14.3. The molecule has 0 N–H and O–H groups in total. The SMILES string of the molecule is COc1ccc(CN2CCN(Cc3ccc(C)s3)CCC2=O)cc1. The van der Waals surface area contributed by atoms with Gasteiger partial charge in [-0.05, 0) is 36.8 Å². The number of hydrogen-bond donors (Lipinski definition) is 0. The van der Waals surface area contributed by atoms with Crippen LogP contribution in [0.3, 0.4) is 0 Å². The number of carbonyl (C=O) groups excluding carboxylic acids is 1. The molecule has 1 amide bonds. The maximum Gasteiger partial charge on any atom is 0.224 e. The van der Waals surface area contributed by atoms with Crippen LogP contribution in [0.5, 0.6) is 5.75 Å². The predicted octanol–water partition coefficient (Wildman–Crippen LogP) is 3.30. The fraction of sp³-hybridized carbons (Fsp3) is 0.421. The molecule has 0 unspecified atom stereocenters. The molecule has 1 fully saturated rings. The summed E-state index contributed by atoms with van der Waals surface area (Å²) >= 11 is 1.84. The first kappa shape index (κ1) is 17.0. The molecule has 0 atom stereocenters. The molecular weight excluding hydrogens is 320 g/mol. The molecule has 1 aromatic heterocycles. The lowest BCUT2D eigenvalue weighted by Gasteiger charge is -2.22. The molecule has 2 aromatic rings. The molecule has 1 saturated heterocycles. The van der Waals surface area contributed by atoms with Crippen LogP contribution in [-0.4, -0.2) is 42.5 Å². The summed E-state index contributed by atoms with van der Waals surface area (Å²) in [5.41, 5.74) is 1.14. The molecule has 0 aliphatic carbocycles. The van der Waals surface area contributed by atoms with Gasteiger partial charge in [0.25, 0.3) is 0 Å². The van der Waals surface area contributed by atoms with Gasteiger partial charge in [0.05, 0.1) is 7.11 Å². The zero-order valence-corrected chi connectivity index (χ0v) is 15.1. The fourth-order valence-corrected chi connectivity index (χ4v) is 3.91. The smallest absolute Gasteiger partial charge is 0.224 e. The van der Waals surface area contributed by atoms with Crippen LogP contribution < -0.4 is 4.74 Å². The van der Waals surface area contributed by atoms with Crippen molar-refractivity contribution in [2.75, 3.05) is 26.7 Å². The van der Waals surface area contributed by atoms with Gasteiger partial charge >= 0.3 is 0 Å². The molecular formula is C19H24N2O2S. The van der Waals surface area contributed by atoms with Crippen LogP contribution in [-0.2, 0) is 17.9 Å². The number of aryl methyl sites for hydroxylation is 1. The van der Waals surface area contributed by atoms with Gasteiger partial charge in [-0.15, -0.1) is 11.3 Å². The molecule has 3 rings (SSSR count). The van der Waals surface area contributed by atoms with E-state index in [1.165, 1.54) is 9.75 Å². The maximum absolute atomic E-state index is 12.4. The topological polar surface area (TPSA) is 32.8 Å². The Morgan fingerprint density at radius 3 is 2.50 bits per heavy atom. The summed E-state index contributed by atoms with van der Waals surface area (Å²) in [6.07, 6.45) is 0.598. The second-order valence-corrected chi connectivity index (χ2v) is 7.57. The molecule has 1 aromatic carbocycles. The van der Waals surface area contributed by atoms with Crippen LogP contribution in [0.15, 0.2) is 36.4 Å². The van der Waals surface area contributed by atoms with E-state index < -0.39 is 0 Å². The van der Waals surface area contributed by atoms with Gasteiger partial charge in [0, 0.05) is 48.9 Å². The van der Waals surface area contributed by atoms with E-state index in [9.17, 15) is 4.79 Å². The summed E-state index contributed by atoms with van der Waals surface area (Å²) in [6.45, 7) is 6.32. The van der Waals surface area contributed by atoms with Crippen molar-refractivity contribution in [1.82, 2.24) is 9.80 Å². The van der Waals surface area contributed by atoms with E-state index in [2.05, 4.69) is 24.0 Å². The van der Waals surface area contributed by atoms with Crippen LogP contribution in [0.4, 0.5) is 0 Å². The van der Waals surface area contributed by atoms with Gasteiger partial charge in [-0.3, -0.25) is 9.69 Å². The highest BCUT2D eigenvalue weighted by atomic mass is 32.1. The van der Waals surface area contributed by atoms with Crippen molar-refractivity contribution in [3.63, 3.8) is 0 Å². The number of amides is 1. The number of thiophene rings is 1. The molecule has 1 aliphatic rings. The normalized spacial score (nSPS) is 16.2. The van der Waals surface area contributed by atoms with Gasteiger partial charge in [0.2, 0.25) is 5.91 Å². The van der Waals surface area contributed by atoms with Crippen LogP contribution in [0.25, 0.3) is 0 Å². The van der Waals surface area contributed by atoms with E-state index in [4.69, 9.17) is 4.74 Å². The second kappa shape index (κ2) is 7.81. The summed E-state index contributed by atoms with van der Waals surface area (Å²) in [5, 5.41) is 0. The predicted molar refractivity (Wildman–Crippen MR) is 97.4 cm³/mol. The molecule has 4 nitrogen and oxygen atoms in total. The summed E-state index contributed by atoms with van der Waals surface area (Å²) in [6, 6.07) is 12.3. The Morgan fingerprint density at radius 2 is 1.83 bits per heavy atom. The number of carbonyl (C=O) groups is 1. The van der Waals surface area contributed by atoms with Gasteiger partial charge in [0.15, 0.2) is 0 Å². The highest BCUT2D eigenvalue weighted by molar-refractivity contribution is 7.11. The second-order valence-electron chi connectivity index (χ2n) is 6.20. The fourth-order valence-electron chi connectivity index (χ4n) is 2.98. The van der Waals surface area contributed by atoms with E-state index in [0.29, 0.717) is 13.0 Å². The van der Waals surface area contributed by atoms with E-state index >= 15 is 0 Å². The standard InChI is InChI=1S/C19H24N2O2S/c1-15-3-8-18(24-15)14-20-10-9-19(22)21(12-11-20)13-16-4-6-17(23-2)7-5-16/h3-8H,9-14H2,1-2H3. The molecule has 0 bridgehead atoms. The first-order valence-corrected chi connectivity index (χ1v) is 9.14. The minimum atomic E-state index is 0.246. The van der Waals surface area contributed by atoms with Gasteiger partial charge in [-0.1, -0.05) is 12.1 Å². The minimum Gasteiger partial charge on any atom is -0.497 e. The number of methoxy groups -OCH3 is 1. The number of benzene rings is 1. The van der Waals surface area contributed by atoms with Gasteiger partial charge in [0.1, 0.15) is 5.75 Å². The lowest BCUT2D eigenvalue weighted by atomic mass is 10.2. The average molecular weight is 344 g/mol. The van der Waals surface area contributed by atoms with E-state index in [-0.39, 0.29) is 5.91 Å². The molecule has 0 radical (unpaired) electrons. The van der Waals surface area contributed by atoms with Crippen molar-refractivity contribution in [2.24, 2.45) is 0 Å². The molecule has 0 saturated carbocycles. The summed E-state index contributed by atoms with van der Waals surface area (Å²) in [4.78, 5) is 19.5. The van der Waals surface area contributed by atoms with Crippen molar-refractivity contribution < 1.29 is 9.53 Å². The summed E-state index contributed by atoms with van der Waals surface area (Å²) in [5.74, 6) is 1.09. The molecule has 0 spiro atoms. The Bertz CT molecular complexity index is 681. The van der Waals surface area contributed by atoms with E-state index in [1.54, 1.807) is 7.11 Å². The molecule has 128 valence electrons. The number of nitrogens with zero attached hydrogens (tertiary/aromatic N) is 2. The molecule has 5 heteroatoms. The first-order valence-electron chi connectivity index (χ1n) is 8.32. The Balaban J connectivity index is 1.58. The minimum absolute atomic E-state index is 0.246. The van der Waals surface area contributed by atoms with Crippen LogP contribution in [0.2, 0.25) is 0 Å². The third-order valence-corrected chi connectivity index (χ3v) is 5.37. The van der Waals surface area contributed by atoms with Crippen molar-refractivity contribution in [1.29, 1.82) is 0 Å². The van der Waals surface area contributed by atoms with Crippen molar-refractivity contribution in [2.45, 2.75) is 26.4 Å². The molecule has 24 heavy (non-hydrogen) atoms. The van der Waals surface area contributed by atoms with Gasteiger partial charge < -0.3 is 9.64 Å². The number of hydrogen-bond acceptors (Lipinski definition) is 4. The first-order chi connectivity index (χ1) is 11.6. The Morgan fingerprint density at radius 1 is 1.04 bits per heavy atom. The molecule has 2 heterocycles. The molecule has 1 aliphatic heterocycles. The van der Waals surface area contributed by atoms with Crippen LogP contribution >= 0.6 is 11.3 Å². The van der Waals surface area contributed by atoms with Gasteiger partial charge in [-0.2, -0.15) is 0 Å². The Labute approximate surface area is 147 Å². The quantitative estimate of drug-likeness (QED) is 0.834. The Kier molecular flexibility index (Phi) is 5.53. The largest absolute Gasteiger partial charge is 0.497 e. The van der Waals surface area contributed by atoms with Crippen molar-refractivity contribution >= 4 is 17.2 Å². The number of rotatable bonds is 5. The zero-order chi connectivity index (χ0) is 16.9. The highest BCUT2D eigenvalue weighted by Gasteiger charge is 2.21. The van der Waals surface area contributed by atoms with Crippen molar-refractivity contribution in [3.8, 4) is 5.75 Å². The Hall–Kier alpha value is -1.85. The van der Waals surface area contributed by atoms with Gasteiger partial charge in [-0.25, -0.2) is 0 Å².